The van der Waals surface area contributed by atoms with Crippen molar-refractivity contribution in [3.8, 4) is 0 Å². The van der Waals surface area contributed by atoms with Crippen molar-refractivity contribution in [3.05, 3.63) is 23.1 Å². The van der Waals surface area contributed by atoms with E-state index < -0.39 is 18.6 Å². The summed E-state index contributed by atoms with van der Waals surface area (Å²) in [7, 11) is 0. The molecule has 0 saturated carbocycles. The lowest BCUT2D eigenvalue weighted by Crippen LogP contribution is -2.39. The van der Waals surface area contributed by atoms with Gasteiger partial charge in [0.15, 0.2) is 0 Å². The van der Waals surface area contributed by atoms with Crippen LogP contribution < -0.4 is 0 Å². The van der Waals surface area contributed by atoms with Crippen molar-refractivity contribution in [1.82, 2.24) is 4.90 Å². The zero-order chi connectivity index (χ0) is 13.8. The lowest BCUT2D eigenvalue weighted by molar-refractivity contribution is -0.140. The first-order valence-corrected chi connectivity index (χ1v) is 5.82. The predicted molar refractivity (Wildman–Crippen MR) is 60.6 cm³/mol. The number of carbonyl (C=O) groups excluding carboxylic acids is 1. The minimum atomic E-state index is -4.43. The molecule has 7 heteroatoms. The number of alkyl halides is 3. The molecule has 0 unspecified atom stereocenters. The third kappa shape index (κ3) is 4.25. The van der Waals surface area contributed by atoms with Gasteiger partial charge in [0.05, 0.1) is 11.8 Å². The number of hydrogen-bond donors (Lipinski definition) is 0. The molecule has 1 rings (SSSR count). The Balaban J connectivity index is 2.82. The summed E-state index contributed by atoms with van der Waals surface area (Å²) in [5, 5.41) is -0.191. The standard InChI is InChI=1S/C11H13ClF3NO2/c1-2-3-5-16(7-11(13,14)15)10(17)8-4-6-18-9(8)12/h4,6H,2-3,5,7H2,1H3. The van der Waals surface area contributed by atoms with Crippen LogP contribution in [0.1, 0.15) is 30.1 Å². The Bertz CT molecular complexity index is 403. The van der Waals surface area contributed by atoms with E-state index in [1.54, 1.807) is 0 Å². The molecule has 0 spiro atoms. The topological polar surface area (TPSA) is 33.5 Å². The third-order valence-corrected chi connectivity index (χ3v) is 2.58. The van der Waals surface area contributed by atoms with E-state index in [4.69, 9.17) is 16.0 Å². The first kappa shape index (κ1) is 14.9. The second-order valence-corrected chi connectivity index (χ2v) is 4.15. The van der Waals surface area contributed by atoms with Crippen LogP contribution in [0.4, 0.5) is 13.2 Å². The lowest BCUT2D eigenvalue weighted by atomic mass is 10.2. The fourth-order valence-electron chi connectivity index (χ4n) is 1.43. The van der Waals surface area contributed by atoms with Gasteiger partial charge in [0.2, 0.25) is 5.22 Å². The highest BCUT2D eigenvalue weighted by atomic mass is 35.5. The average molecular weight is 284 g/mol. The van der Waals surface area contributed by atoms with Gasteiger partial charge in [-0.25, -0.2) is 0 Å². The fraction of sp³-hybridized carbons (Fsp3) is 0.545. The summed E-state index contributed by atoms with van der Waals surface area (Å²) in [5.74, 6) is -0.764. The molecule has 1 amide bonds. The maximum absolute atomic E-state index is 12.4. The van der Waals surface area contributed by atoms with Crippen LogP contribution in [-0.4, -0.2) is 30.1 Å². The molecule has 1 aromatic heterocycles. The van der Waals surface area contributed by atoms with Gasteiger partial charge in [-0.1, -0.05) is 13.3 Å². The highest BCUT2D eigenvalue weighted by molar-refractivity contribution is 6.32. The molecule has 3 nitrogen and oxygen atoms in total. The van der Waals surface area contributed by atoms with Crippen molar-refractivity contribution in [1.29, 1.82) is 0 Å². The van der Waals surface area contributed by atoms with Crippen LogP contribution in [0.2, 0.25) is 5.22 Å². The summed E-state index contributed by atoms with van der Waals surface area (Å²) in [4.78, 5) is 12.6. The van der Waals surface area contributed by atoms with Crippen LogP contribution in [0, 0.1) is 0 Å². The summed E-state index contributed by atoms with van der Waals surface area (Å²) in [6.45, 7) is 0.588. The minimum absolute atomic E-state index is 0.0380. The van der Waals surface area contributed by atoms with Crippen LogP contribution in [0.15, 0.2) is 16.7 Å². The Hall–Kier alpha value is -1.17. The molecule has 0 bridgehead atoms. The molecule has 1 heterocycles. The highest BCUT2D eigenvalue weighted by Gasteiger charge is 2.33. The first-order chi connectivity index (χ1) is 8.35. The van der Waals surface area contributed by atoms with E-state index in [1.807, 2.05) is 6.92 Å². The Morgan fingerprint density at radius 2 is 2.17 bits per heavy atom. The van der Waals surface area contributed by atoms with Crippen molar-refractivity contribution >= 4 is 17.5 Å². The molecule has 0 N–H and O–H groups in total. The van der Waals surface area contributed by atoms with Gasteiger partial charge in [0, 0.05) is 6.54 Å². The molecule has 0 fully saturated rings. The third-order valence-electron chi connectivity index (χ3n) is 2.29. The summed E-state index contributed by atoms with van der Waals surface area (Å²) < 4.78 is 41.9. The number of rotatable bonds is 5. The molecule has 0 aliphatic rings. The Kier molecular flexibility index (Phi) is 5.07. The van der Waals surface area contributed by atoms with Crippen molar-refractivity contribution in [2.75, 3.05) is 13.1 Å². The molecule has 0 radical (unpaired) electrons. The van der Waals surface area contributed by atoms with E-state index in [1.165, 1.54) is 12.3 Å². The van der Waals surface area contributed by atoms with Crippen LogP contribution in [0.3, 0.4) is 0 Å². The number of carbonyl (C=O) groups is 1. The van der Waals surface area contributed by atoms with E-state index in [0.29, 0.717) is 12.8 Å². The second kappa shape index (κ2) is 6.13. The van der Waals surface area contributed by atoms with Crippen molar-refractivity contribution in [3.63, 3.8) is 0 Å². The van der Waals surface area contributed by atoms with Crippen LogP contribution >= 0.6 is 11.6 Å². The number of hydrogen-bond acceptors (Lipinski definition) is 2. The van der Waals surface area contributed by atoms with Gasteiger partial charge in [0.1, 0.15) is 6.54 Å². The first-order valence-electron chi connectivity index (χ1n) is 5.44. The van der Waals surface area contributed by atoms with Gasteiger partial charge in [-0.3, -0.25) is 4.79 Å². The van der Waals surface area contributed by atoms with E-state index in [-0.39, 0.29) is 17.3 Å². The van der Waals surface area contributed by atoms with Crippen molar-refractivity contribution in [2.45, 2.75) is 25.9 Å². The summed E-state index contributed by atoms with van der Waals surface area (Å²) in [6, 6.07) is 1.26. The largest absolute Gasteiger partial charge is 0.452 e. The summed E-state index contributed by atoms with van der Waals surface area (Å²) in [5.41, 5.74) is -0.0444. The normalized spacial score (nSPS) is 11.6. The monoisotopic (exact) mass is 283 g/mol. The number of unbranched alkanes of at least 4 members (excludes halogenated alkanes) is 1. The Labute approximate surface area is 108 Å². The molecular formula is C11H13ClF3NO2. The predicted octanol–water partition coefficient (Wildman–Crippen LogP) is 3.74. The van der Waals surface area contributed by atoms with Crippen LogP contribution in [0.25, 0.3) is 0 Å². The highest BCUT2D eigenvalue weighted by Crippen LogP contribution is 2.22. The molecule has 102 valence electrons. The van der Waals surface area contributed by atoms with Gasteiger partial charge in [-0.05, 0) is 24.1 Å². The number of halogens is 4. The molecule has 0 aliphatic heterocycles. The van der Waals surface area contributed by atoms with Crippen molar-refractivity contribution < 1.29 is 22.4 Å². The molecule has 0 aliphatic carbocycles. The van der Waals surface area contributed by atoms with Gasteiger partial charge in [-0.15, -0.1) is 0 Å². The number of amides is 1. The van der Waals surface area contributed by atoms with Gasteiger partial charge in [-0.2, -0.15) is 13.2 Å². The molecule has 0 saturated heterocycles. The molecule has 1 aromatic rings. The van der Waals surface area contributed by atoms with Crippen LogP contribution in [0.5, 0.6) is 0 Å². The van der Waals surface area contributed by atoms with E-state index in [2.05, 4.69) is 0 Å². The Morgan fingerprint density at radius 3 is 2.61 bits per heavy atom. The molecule has 0 aromatic carbocycles. The summed E-state index contributed by atoms with van der Waals surface area (Å²) >= 11 is 5.59. The summed E-state index contributed by atoms with van der Waals surface area (Å²) in [6.07, 6.45) is -2.07. The second-order valence-electron chi connectivity index (χ2n) is 3.80. The zero-order valence-corrected chi connectivity index (χ0v) is 10.5. The SMILES string of the molecule is CCCCN(CC(F)(F)F)C(=O)c1ccoc1Cl. The van der Waals surface area contributed by atoms with E-state index in [9.17, 15) is 18.0 Å². The zero-order valence-electron chi connectivity index (χ0n) is 9.76. The number of nitrogens with zero attached hydrogens (tertiary/aromatic N) is 1. The van der Waals surface area contributed by atoms with E-state index >= 15 is 0 Å². The molecular weight excluding hydrogens is 271 g/mol. The fourth-order valence-corrected chi connectivity index (χ4v) is 1.63. The Morgan fingerprint density at radius 1 is 1.50 bits per heavy atom. The maximum atomic E-state index is 12.4. The van der Waals surface area contributed by atoms with Gasteiger partial charge in [0.25, 0.3) is 5.91 Å². The maximum Gasteiger partial charge on any atom is 0.406 e. The van der Waals surface area contributed by atoms with Gasteiger partial charge < -0.3 is 9.32 Å². The quantitative estimate of drug-likeness (QED) is 0.825. The minimum Gasteiger partial charge on any atom is -0.452 e. The lowest BCUT2D eigenvalue weighted by Gasteiger charge is -2.23. The molecule has 0 atom stereocenters. The van der Waals surface area contributed by atoms with E-state index in [0.717, 1.165) is 4.90 Å². The number of furan rings is 1. The smallest absolute Gasteiger partial charge is 0.406 e. The van der Waals surface area contributed by atoms with Crippen LogP contribution in [-0.2, 0) is 0 Å². The molecule has 18 heavy (non-hydrogen) atoms. The van der Waals surface area contributed by atoms with Gasteiger partial charge >= 0.3 is 6.18 Å². The average Bonchev–Trinajstić information content (AvgIpc) is 2.68. The van der Waals surface area contributed by atoms with Crippen molar-refractivity contribution in [2.24, 2.45) is 0 Å².